The molecule has 0 spiro atoms. The molecule has 2 aromatic rings. The molecule has 0 aliphatic carbocycles. The highest BCUT2D eigenvalue weighted by Gasteiger charge is 2.31. The first-order chi connectivity index (χ1) is 15.6. The number of amides is 2. The van der Waals surface area contributed by atoms with E-state index in [9.17, 15) is 18.0 Å². The van der Waals surface area contributed by atoms with Crippen molar-refractivity contribution in [3.8, 4) is 5.75 Å². The topological polar surface area (TPSA) is 96.0 Å². The molecule has 2 amide bonds. The predicted octanol–water partition coefficient (Wildman–Crippen LogP) is 3.66. The van der Waals surface area contributed by atoms with Gasteiger partial charge in [-0.1, -0.05) is 26.0 Å². The van der Waals surface area contributed by atoms with Crippen molar-refractivity contribution in [3.05, 3.63) is 60.2 Å². The zero-order valence-electron chi connectivity index (χ0n) is 19.3. The van der Waals surface area contributed by atoms with Gasteiger partial charge in [0.15, 0.2) is 6.10 Å². The Morgan fingerprint density at radius 1 is 1.15 bits per heavy atom. The Morgan fingerprint density at radius 2 is 1.79 bits per heavy atom. The van der Waals surface area contributed by atoms with E-state index >= 15 is 0 Å². The number of anilines is 2. The average Bonchev–Trinajstić information content (AvgIpc) is 2.77. The fourth-order valence-electron chi connectivity index (χ4n) is 3.61. The van der Waals surface area contributed by atoms with Crippen LogP contribution in [0.2, 0.25) is 0 Å². The van der Waals surface area contributed by atoms with Crippen LogP contribution in [0.4, 0.5) is 11.4 Å². The molecule has 1 unspecified atom stereocenters. The third kappa shape index (κ3) is 5.09. The van der Waals surface area contributed by atoms with Crippen molar-refractivity contribution in [3.63, 3.8) is 0 Å². The maximum absolute atomic E-state index is 12.8. The van der Waals surface area contributed by atoms with Gasteiger partial charge in [0, 0.05) is 30.9 Å². The minimum Gasteiger partial charge on any atom is -0.479 e. The van der Waals surface area contributed by atoms with Crippen LogP contribution in [0.1, 0.15) is 38.1 Å². The van der Waals surface area contributed by atoms with Gasteiger partial charge in [-0.25, -0.2) is 8.42 Å². The van der Waals surface area contributed by atoms with Crippen LogP contribution in [-0.4, -0.2) is 50.3 Å². The Labute approximate surface area is 194 Å². The molecular weight excluding hydrogens is 442 g/mol. The maximum atomic E-state index is 12.8. The predicted molar refractivity (Wildman–Crippen MR) is 128 cm³/mol. The van der Waals surface area contributed by atoms with Crippen LogP contribution >= 0.6 is 0 Å². The number of hydrogen-bond donors (Lipinski definition) is 1. The van der Waals surface area contributed by atoms with Gasteiger partial charge < -0.3 is 15.0 Å². The second-order valence-corrected chi connectivity index (χ2v) is 9.83. The van der Waals surface area contributed by atoms with Crippen molar-refractivity contribution in [2.24, 2.45) is 0 Å². The van der Waals surface area contributed by atoms with Gasteiger partial charge in [0.2, 0.25) is 10.0 Å². The summed E-state index contributed by atoms with van der Waals surface area (Å²) in [4.78, 5) is 27.1. The standard InChI is InChI=1S/C24H29N3O5S/c1-6-26(7-2)33(30,31)20-11-8-18(9-12-20)23(28)25-19-10-13-22-21(14-19)27(15-16(3)4)24(29)17(5)32-22/h8-14,17H,3,6-7,15H2,1-2,4-5H3,(H,25,28). The molecule has 1 atom stereocenters. The largest absolute Gasteiger partial charge is 0.479 e. The van der Waals surface area contributed by atoms with Gasteiger partial charge in [0.25, 0.3) is 11.8 Å². The van der Waals surface area contributed by atoms with E-state index in [2.05, 4.69) is 11.9 Å². The molecule has 0 saturated heterocycles. The number of carbonyl (C=O) groups excluding carboxylic acids is 2. The Hall–Kier alpha value is -3.17. The number of sulfonamides is 1. The number of ether oxygens (including phenoxy) is 1. The van der Waals surface area contributed by atoms with Crippen LogP contribution < -0.4 is 15.0 Å². The van der Waals surface area contributed by atoms with E-state index in [1.807, 2.05) is 6.92 Å². The maximum Gasteiger partial charge on any atom is 0.268 e. The molecule has 0 saturated carbocycles. The summed E-state index contributed by atoms with van der Waals surface area (Å²) in [5, 5.41) is 2.80. The Morgan fingerprint density at radius 3 is 2.36 bits per heavy atom. The summed E-state index contributed by atoms with van der Waals surface area (Å²) >= 11 is 0. The molecule has 8 nitrogen and oxygen atoms in total. The highest BCUT2D eigenvalue weighted by molar-refractivity contribution is 7.89. The van der Waals surface area contributed by atoms with Crippen LogP contribution in [0.25, 0.3) is 0 Å². The van der Waals surface area contributed by atoms with Gasteiger partial charge in [-0.15, -0.1) is 0 Å². The van der Waals surface area contributed by atoms with Crippen LogP contribution in [-0.2, 0) is 14.8 Å². The number of nitrogens with one attached hydrogen (secondary N) is 1. The number of fused-ring (bicyclic) bond motifs is 1. The zero-order chi connectivity index (χ0) is 24.3. The van der Waals surface area contributed by atoms with Crippen molar-refractivity contribution < 1.29 is 22.7 Å². The van der Waals surface area contributed by atoms with Crippen LogP contribution in [0.5, 0.6) is 5.75 Å². The smallest absolute Gasteiger partial charge is 0.268 e. The minimum atomic E-state index is -3.60. The highest BCUT2D eigenvalue weighted by Crippen LogP contribution is 2.36. The number of benzene rings is 2. The normalized spacial score (nSPS) is 15.7. The lowest BCUT2D eigenvalue weighted by molar-refractivity contribution is -0.125. The first-order valence-corrected chi connectivity index (χ1v) is 12.2. The molecule has 176 valence electrons. The second-order valence-electron chi connectivity index (χ2n) is 7.89. The summed E-state index contributed by atoms with van der Waals surface area (Å²) in [6.45, 7) is 12.0. The van der Waals surface area contributed by atoms with E-state index in [-0.39, 0.29) is 10.8 Å². The Kier molecular flexibility index (Phi) is 7.24. The molecule has 1 aliphatic rings. The molecule has 1 N–H and O–H groups in total. The van der Waals surface area contributed by atoms with Crippen LogP contribution in [0, 0.1) is 0 Å². The first-order valence-electron chi connectivity index (χ1n) is 10.8. The lowest BCUT2D eigenvalue weighted by Crippen LogP contribution is -2.45. The van der Waals surface area contributed by atoms with Crippen molar-refractivity contribution >= 4 is 33.2 Å². The molecule has 1 aliphatic heterocycles. The van der Waals surface area contributed by atoms with E-state index in [0.717, 1.165) is 5.57 Å². The SMILES string of the molecule is C=C(C)CN1C(=O)C(C)Oc2ccc(NC(=O)c3ccc(S(=O)(=O)N(CC)CC)cc3)cc21. The van der Waals surface area contributed by atoms with E-state index in [1.54, 1.807) is 43.9 Å². The van der Waals surface area contributed by atoms with Gasteiger partial charge in [0.1, 0.15) is 5.75 Å². The molecule has 0 aromatic heterocycles. The highest BCUT2D eigenvalue weighted by atomic mass is 32.2. The van der Waals surface area contributed by atoms with Crippen molar-refractivity contribution in [2.45, 2.75) is 38.7 Å². The minimum absolute atomic E-state index is 0.136. The lowest BCUT2D eigenvalue weighted by atomic mass is 10.1. The third-order valence-corrected chi connectivity index (χ3v) is 7.38. The van der Waals surface area contributed by atoms with Crippen molar-refractivity contribution in [1.29, 1.82) is 0 Å². The Bertz CT molecular complexity index is 1170. The van der Waals surface area contributed by atoms with E-state index in [4.69, 9.17) is 4.74 Å². The van der Waals surface area contributed by atoms with Crippen molar-refractivity contribution in [1.82, 2.24) is 4.31 Å². The lowest BCUT2D eigenvalue weighted by Gasteiger charge is -2.33. The molecule has 2 aromatic carbocycles. The summed E-state index contributed by atoms with van der Waals surface area (Å²) in [7, 11) is -3.60. The molecule has 9 heteroatoms. The third-order valence-electron chi connectivity index (χ3n) is 5.31. The monoisotopic (exact) mass is 471 g/mol. The quantitative estimate of drug-likeness (QED) is 0.593. The summed E-state index contributed by atoms with van der Waals surface area (Å²) in [5.41, 5.74) is 2.17. The summed E-state index contributed by atoms with van der Waals surface area (Å²) < 4.78 is 32.3. The van der Waals surface area contributed by atoms with Gasteiger partial charge in [-0.3, -0.25) is 9.59 Å². The van der Waals surface area contributed by atoms with Crippen LogP contribution in [0.3, 0.4) is 0 Å². The number of carbonyl (C=O) groups is 2. The zero-order valence-corrected chi connectivity index (χ0v) is 20.1. The average molecular weight is 472 g/mol. The van der Waals surface area contributed by atoms with E-state index in [1.165, 1.54) is 28.6 Å². The number of hydrogen-bond acceptors (Lipinski definition) is 5. The van der Waals surface area contributed by atoms with E-state index in [0.29, 0.717) is 42.3 Å². The van der Waals surface area contributed by atoms with Gasteiger partial charge in [-0.05, 0) is 56.3 Å². The van der Waals surface area contributed by atoms with Gasteiger partial charge in [0.05, 0.1) is 10.6 Å². The van der Waals surface area contributed by atoms with E-state index < -0.39 is 22.0 Å². The summed E-state index contributed by atoms with van der Waals surface area (Å²) in [6.07, 6.45) is -0.608. The Balaban J connectivity index is 1.82. The number of nitrogens with zero attached hydrogens (tertiary/aromatic N) is 2. The summed E-state index contributed by atoms with van der Waals surface area (Å²) in [5.74, 6) is -0.0316. The fraction of sp³-hybridized carbons (Fsp3) is 0.333. The van der Waals surface area contributed by atoms with Crippen LogP contribution in [0.15, 0.2) is 59.5 Å². The molecule has 0 radical (unpaired) electrons. The molecule has 0 bridgehead atoms. The summed E-state index contributed by atoms with van der Waals surface area (Å²) in [6, 6.07) is 10.9. The molecule has 33 heavy (non-hydrogen) atoms. The molecule has 1 heterocycles. The second kappa shape index (κ2) is 9.76. The molecule has 0 fully saturated rings. The van der Waals surface area contributed by atoms with Crippen molar-refractivity contribution in [2.75, 3.05) is 29.9 Å². The fourth-order valence-corrected chi connectivity index (χ4v) is 5.07. The number of rotatable bonds is 8. The molecule has 3 rings (SSSR count). The first kappa shape index (κ1) is 24.5. The van der Waals surface area contributed by atoms with Gasteiger partial charge >= 0.3 is 0 Å². The molecular formula is C24H29N3O5S. The van der Waals surface area contributed by atoms with Gasteiger partial charge in [-0.2, -0.15) is 4.31 Å².